The van der Waals surface area contributed by atoms with E-state index >= 15 is 0 Å². The Kier molecular flexibility index (Phi) is 4.84. The van der Waals surface area contributed by atoms with E-state index in [0.29, 0.717) is 17.5 Å². The fraction of sp³-hybridized carbons (Fsp3) is 0.533. The monoisotopic (exact) mass is 321 g/mol. The summed E-state index contributed by atoms with van der Waals surface area (Å²) in [4.78, 5) is 2.51. The first-order valence-electron chi connectivity index (χ1n) is 6.77. The molecule has 0 amide bonds. The molecule has 0 aromatic heterocycles. The van der Waals surface area contributed by atoms with Gasteiger partial charge in [0.05, 0.1) is 11.3 Å². The van der Waals surface area contributed by atoms with Crippen LogP contribution >= 0.6 is 15.9 Å². The molecular weight excluding hydrogens is 302 g/mol. The first kappa shape index (κ1) is 14.4. The standard InChI is InChI=1S/C15H20BrN3/c1-11(2)19-6-5-12(10-19)9-18-15-4-3-14(16)7-13(15)8-17/h3-4,7,11-12,18H,5-6,9-10H2,1-2H3. The van der Waals surface area contributed by atoms with Crippen LogP contribution in [0.3, 0.4) is 0 Å². The number of anilines is 1. The Labute approximate surface area is 123 Å². The Morgan fingerprint density at radius 3 is 2.95 bits per heavy atom. The summed E-state index contributed by atoms with van der Waals surface area (Å²) in [7, 11) is 0. The molecule has 0 bridgehead atoms. The molecule has 0 spiro atoms. The molecule has 1 heterocycles. The van der Waals surface area contributed by atoms with Crippen molar-refractivity contribution in [3.8, 4) is 6.07 Å². The first-order chi connectivity index (χ1) is 9.10. The van der Waals surface area contributed by atoms with Gasteiger partial charge in [-0.3, -0.25) is 0 Å². The van der Waals surface area contributed by atoms with Gasteiger partial charge in [0.15, 0.2) is 0 Å². The number of halogens is 1. The Hall–Kier alpha value is -1.05. The van der Waals surface area contributed by atoms with Crippen LogP contribution in [0.25, 0.3) is 0 Å². The number of hydrogen-bond acceptors (Lipinski definition) is 3. The second kappa shape index (κ2) is 6.40. The van der Waals surface area contributed by atoms with Crippen molar-refractivity contribution < 1.29 is 0 Å². The van der Waals surface area contributed by atoms with E-state index in [1.165, 1.54) is 13.0 Å². The average Bonchev–Trinajstić information content (AvgIpc) is 2.86. The Morgan fingerprint density at radius 2 is 2.32 bits per heavy atom. The van der Waals surface area contributed by atoms with E-state index in [4.69, 9.17) is 5.26 Å². The van der Waals surface area contributed by atoms with Crippen LogP contribution in [0.1, 0.15) is 25.8 Å². The zero-order valence-electron chi connectivity index (χ0n) is 11.5. The number of likely N-dealkylation sites (tertiary alicyclic amines) is 1. The van der Waals surface area contributed by atoms with E-state index in [-0.39, 0.29) is 0 Å². The van der Waals surface area contributed by atoms with Crippen molar-refractivity contribution in [2.75, 3.05) is 25.0 Å². The lowest BCUT2D eigenvalue weighted by Crippen LogP contribution is -2.29. The van der Waals surface area contributed by atoms with E-state index in [1.807, 2.05) is 18.2 Å². The van der Waals surface area contributed by atoms with Crippen molar-refractivity contribution in [3.63, 3.8) is 0 Å². The fourth-order valence-corrected chi connectivity index (χ4v) is 2.88. The molecule has 4 heteroatoms. The van der Waals surface area contributed by atoms with Gasteiger partial charge in [-0.1, -0.05) is 15.9 Å². The van der Waals surface area contributed by atoms with Gasteiger partial charge in [-0.15, -0.1) is 0 Å². The molecule has 0 radical (unpaired) electrons. The summed E-state index contributed by atoms with van der Waals surface area (Å²) >= 11 is 3.39. The predicted molar refractivity (Wildman–Crippen MR) is 82.2 cm³/mol. The number of benzene rings is 1. The van der Waals surface area contributed by atoms with Crippen LogP contribution < -0.4 is 5.32 Å². The summed E-state index contributed by atoms with van der Waals surface area (Å²) in [6.07, 6.45) is 1.24. The van der Waals surface area contributed by atoms with Crippen LogP contribution in [0.15, 0.2) is 22.7 Å². The van der Waals surface area contributed by atoms with Gasteiger partial charge in [-0.05, 0) is 50.9 Å². The van der Waals surface area contributed by atoms with Crippen molar-refractivity contribution in [3.05, 3.63) is 28.2 Å². The minimum absolute atomic E-state index is 0.632. The molecule has 1 aliphatic rings. The minimum atomic E-state index is 0.632. The van der Waals surface area contributed by atoms with Crippen molar-refractivity contribution in [1.29, 1.82) is 5.26 Å². The third kappa shape index (κ3) is 3.71. The van der Waals surface area contributed by atoms with Crippen LogP contribution in [0.5, 0.6) is 0 Å². The normalized spacial score (nSPS) is 19.6. The Balaban J connectivity index is 1.92. The van der Waals surface area contributed by atoms with E-state index < -0.39 is 0 Å². The number of nitriles is 1. The van der Waals surface area contributed by atoms with Gasteiger partial charge in [0.25, 0.3) is 0 Å². The van der Waals surface area contributed by atoms with Gasteiger partial charge in [-0.25, -0.2) is 0 Å². The summed E-state index contributed by atoms with van der Waals surface area (Å²) in [6.45, 7) is 7.79. The molecule has 1 saturated heterocycles. The van der Waals surface area contributed by atoms with E-state index in [0.717, 1.165) is 23.2 Å². The summed E-state index contributed by atoms with van der Waals surface area (Å²) in [5.74, 6) is 0.678. The zero-order chi connectivity index (χ0) is 13.8. The maximum atomic E-state index is 9.13. The largest absolute Gasteiger partial charge is 0.384 e. The average molecular weight is 322 g/mol. The number of rotatable bonds is 4. The quantitative estimate of drug-likeness (QED) is 0.923. The summed E-state index contributed by atoms with van der Waals surface area (Å²) < 4.78 is 0.946. The smallest absolute Gasteiger partial charge is 0.101 e. The molecule has 0 saturated carbocycles. The molecule has 1 aliphatic heterocycles. The minimum Gasteiger partial charge on any atom is -0.384 e. The van der Waals surface area contributed by atoms with Crippen LogP contribution in [-0.4, -0.2) is 30.6 Å². The van der Waals surface area contributed by atoms with Crippen LogP contribution in [0.4, 0.5) is 5.69 Å². The van der Waals surface area contributed by atoms with Crippen LogP contribution in [-0.2, 0) is 0 Å². The molecule has 1 N–H and O–H groups in total. The highest BCUT2D eigenvalue weighted by Crippen LogP contribution is 2.23. The third-order valence-electron chi connectivity index (χ3n) is 3.73. The van der Waals surface area contributed by atoms with E-state index in [2.05, 4.69) is 46.1 Å². The maximum Gasteiger partial charge on any atom is 0.101 e. The molecular formula is C15H20BrN3. The topological polar surface area (TPSA) is 39.1 Å². The SMILES string of the molecule is CC(C)N1CCC(CNc2ccc(Br)cc2C#N)C1. The van der Waals surface area contributed by atoms with E-state index in [9.17, 15) is 0 Å². The molecule has 1 unspecified atom stereocenters. The summed E-state index contributed by atoms with van der Waals surface area (Å²) in [6, 6.07) is 8.67. The Bertz CT molecular complexity index is 479. The molecule has 1 atom stereocenters. The molecule has 1 aromatic carbocycles. The van der Waals surface area contributed by atoms with Crippen molar-refractivity contribution in [1.82, 2.24) is 4.90 Å². The number of nitrogens with one attached hydrogen (secondary N) is 1. The Morgan fingerprint density at radius 1 is 1.53 bits per heavy atom. The molecule has 19 heavy (non-hydrogen) atoms. The zero-order valence-corrected chi connectivity index (χ0v) is 13.1. The highest BCUT2D eigenvalue weighted by Gasteiger charge is 2.23. The fourth-order valence-electron chi connectivity index (χ4n) is 2.52. The molecule has 1 aromatic rings. The van der Waals surface area contributed by atoms with Crippen molar-refractivity contribution >= 4 is 21.6 Å². The highest BCUT2D eigenvalue weighted by atomic mass is 79.9. The molecule has 2 rings (SSSR count). The molecule has 1 fully saturated rings. The van der Waals surface area contributed by atoms with Crippen molar-refractivity contribution in [2.45, 2.75) is 26.3 Å². The lowest BCUT2D eigenvalue weighted by atomic mass is 10.1. The second-order valence-electron chi connectivity index (χ2n) is 5.43. The summed E-state index contributed by atoms with van der Waals surface area (Å²) in [5, 5.41) is 12.6. The molecule has 102 valence electrons. The summed E-state index contributed by atoms with van der Waals surface area (Å²) in [5.41, 5.74) is 1.64. The van der Waals surface area contributed by atoms with E-state index in [1.54, 1.807) is 0 Å². The number of hydrogen-bond donors (Lipinski definition) is 1. The van der Waals surface area contributed by atoms with Gasteiger partial charge in [0, 0.05) is 23.6 Å². The first-order valence-corrected chi connectivity index (χ1v) is 7.57. The molecule has 3 nitrogen and oxygen atoms in total. The van der Waals surface area contributed by atoms with Crippen LogP contribution in [0, 0.1) is 17.2 Å². The van der Waals surface area contributed by atoms with Gasteiger partial charge in [0.1, 0.15) is 6.07 Å². The van der Waals surface area contributed by atoms with Gasteiger partial charge in [-0.2, -0.15) is 5.26 Å². The van der Waals surface area contributed by atoms with Gasteiger partial charge in [0.2, 0.25) is 0 Å². The molecule has 0 aliphatic carbocycles. The number of nitrogens with zero attached hydrogens (tertiary/aromatic N) is 2. The van der Waals surface area contributed by atoms with Crippen LogP contribution in [0.2, 0.25) is 0 Å². The second-order valence-corrected chi connectivity index (χ2v) is 6.34. The van der Waals surface area contributed by atoms with Gasteiger partial charge < -0.3 is 10.2 Å². The van der Waals surface area contributed by atoms with Gasteiger partial charge >= 0.3 is 0 Å². The highest BCUT2D eigenvalue weighted by molar-refractivity contribution is 9.10. The predicted octanol–water partition coefficient (Wildman–Crippen LogP) is 3.46. The lowest BCUT2D eigenvalue weighted by molar-refractivity contribution is 0.266. The third-order valence-corrected chi connectivity index (χ3v) is 4.22. The van der Waals surface area contributed by atoms with Crippen molar-refractivity contribution in [2.24, 2.45) is 5.92 Å². The maximum absolute atomic E-state index is 9.13. The lowest BCUT2D eigenvalue weighted by Gasteiger charge is -2.20.